The highest BCUT2D eigenvalue weighted by atomic mass is 32.2. The number of hydrogen-bond acceptors (Lipinski definition) is 6. The summed E-state index contributed by atoms with van der Waals surface area (Å²) in [6, 6.07) is -2.02. The summed E-state index contributed by atoms with van der Waals surface area (Å²) in [5.74, 6) is -1.81. The Morgan fingerprint density at radius 2 is 1.90 bits per heavy atom. The van der Waals surface area contributed by atoms with E-state index in [2.05, 4.69) is 10.6 Å². The number of thioether (sulfide) groups is 1. The van der Waals surface area contributed by atoms with E-state index in [1.54, 1.807) is 0 Å². The Bertz CT molecular complexity index is 351. The molecule has 3 atom stereocenters. The van der Waals surface area contributed by atoms with Crippen LogP contribution in [0, 0.1) is 0 Å². The Hall–Kier alpha value is -1.32. The van der Waals surface area contributed by atoms with Crippen LogP contribution in [0.5, 0.6) is 0 Å². The number of carboxylic acid groups (broad SMARTS) is 1. The lowest BCUT2D eigenvalue weighted by Crippen LogP contribution is -2.54. The van der Waals surface area contributed by atoms with Crippen molar-refractivity contribution in [2.75, 3.05) is 18.6 Å². The second-order valence-electron chi connectivity index (χ2n) is 4.22. The first-order chi connectivity index (χ1) is 9.29. The number of aliphatic carboxylic acids is 1. The fourth-order valence-electron chi connectivity index (χ4n) is 1.28. The van der Waals surface area contributed by atoms with Gasteiger partial charge in [0.05, 0.1) is 6.10 Å². The standard InChI is InChI=1S/C11H21N3O5S/c1-6(15)9(12)11(19)14-7(3-4-20-2)10(18)13-5-8(16)17/h6-7,9,15H,3-5,12H2,1-2H3,(H,13,18)(H,14,19)(H,16,17)/t6-,7+,9+/m1/s1. The molecule has 0 aliphatic carbocycles. The maximum Gasteiger partial charge on any atom is 0.322 e. The third-order valence-electron chi connectivity index (χ3n) is 2.48. The number of aliphatic hydroxyl groups is 1. The van der Waals surface area contributed by atoms with Crippen molar-refractivity contribution in [1.29, 1.82) is 0 Å². The number of nitrogens with two attached hydrogens (primary N) is 1. The largest absolute Gasteiger partial charge is 0.480 e. The number of rotatable bonds is 9. The first-order valence-electron chi connectivity index (χ1n) is 6.02. The Morgan fingerprint density at radius 3 is 2.35 bits per heavy atom. The maximum atomic E-state index is 11.8. The van der Waals surface area contributed by atoms with Crippen LogP contribution >= 0.6 is 11.8 Å². The second-order valence-corrected chi connectivity index (χ2v) is 5.21. The molecule has 0 aliphatic heterocycles. The van der Waals surface area contributed by atoms with Crippen molar-refractivity contribution in [3.8, 4) is 0 Å². The topological polar surface area (TPSA) is 142 Å². The van der Waals surface area contributed by atoms with Gasteiger partial charge in [-0.3, -0.25) is 14.4 Å². The van der Waals surface area contributed by atoms with Gasteiger partial charge in [-0.1, -0.05) is 0 Å². The molecule has 8 nitrogen and oxygen atoms in total. The van der Waals surface area contributed by atoms with Crippen LogP contribution in [0.25, 0.3) is 0 Å². The number of carbonyl (C=O) groups excluding carboxylic acids is 2. The van der Waals surface area contributed by atoms with Crippen molar-refractivity contribution in [2.24, 2.45) is 5.73 Å². The molecular formula is C11H21N3O5S. The minimum absolute atomic E-state index is 0.338. The summed E-state index contributed by atoms with van der Waals surface area (Å²) in [6.07, 6.45) is 1.14. The van der Waals surface area contributed by atoms with E-state index in [1.165, 1.54) is 18.7 Å². The number of carboxylic acids is 1. The average molecular weight is 307 g/mol. The van der Waals surface area contributed by atoms with Crippen LogP contribution in [-0.2, 0) is 14.4 Å². The highest BCUT2D eigenvalue weighted by molar-refractivity contribution is 7.98. The van der Waals surface area contributed by atoms with E-state index >= 15 is 0 Å². The van der Waals surface area contributed by atoms with Crippen molar-refractivity contribution in [3.63, 3.8) is 0 Å². The van der Waals surface area contributed by atoms with E-state index in [4.69, 9.17) is 10.8 Å². The molecule has 20 heavy (non-hydrogen) atoms. The second kappa shape index (κ2) is 9.56. The van der Waals surface area contributed by atoms with Crippen molar-refractivity contribution >= 4 is 29.5 Å². The number of hydrogen-bond donors (Lipinski definition) is 5. The molecular weight excluding hydrogens is 286 g/mol. The van der Waals surface area contributed by atoms with Crippen LogP contribution in [0.2, 0.25) is 0 Å². The summed E-state index contributed by atoms with van der Waals surface area (Å²) in [7, 11) is 0. The van der Waals surface area contributed by atoms with Gasteiger partial charge in [-0.2, -0.15) is 11.8 Å². The van der Waals surface area contributed by atoms with E-state index in [0.29, 0.717) is 12.2 Å². The summed E-state index contributed by atoms with van der Waals surface area (Å²) >= 11 is 1.49. The lowest BCUT2D eigenvalue weighted by Gasteiger charge is -2.21. The number of carbonyl (C=O) groups is 3. The SMILES string of the molecule is CSCC[C@H](NC(=O)[C@@H](N)[C@@H](C)O)C(=O)NCC(=O)O. The van der Waals surface area contributed by atoms with Gasteiger partial charge in [0.2, 0.25) is 11.8 Å². The Labute approximate surface area is 121 Å². The molecule has 0 bridgehead atoms. The van der Waals surface area contributed by atoms with Gasteiger partial charge in [0.25, 0.3) is 0 Å². The quantitative estimate of drug-likeness (QED) is 0.336. The monoisotopic (exact) mass is 307 g/mol. The van der Waals surface area contributed by atoms with Crippen molar-refractivity contribution in [1.82, 2.24) is 10.6 Å². The highest BCUT2D eigenvalue weighted by Crippen LogP contribution is 2.02. The molecule has 0 unspecified atom stereocenters. The predicted molar refractivity (Wildman–Crippen MR) is 75.2 cm³/mol. The summed E-state index contributed by atoms with van der Waals surface area (Å²) in [5, 5.41) is 22.3. The number of aliphatic hydroxyl groups excluding tert-OH is 1. The molecule has 9 heteroatoms. The van der Waals surface area contributed by atoms with E-state index in [-0.39, 0.29) is 0 Å². The van der Waals surface area contributed by atoms with Gasteiger partial charge in [0.1, 0.15) is 18.6 Å². The van der Waals surface area contributed by atoms with Crippen molar-refractivity contribution in [2.45, 2.75) is 31.5 Å². The molecule has 0 aliphatic rings. The summed E-state index contributed by atoms with van der Waals surface area (Å²) in [5.41, 5.74) is 5.47. The molecule has 0 saturated heterocycles. The molecule has 0 spiro atoms. The normalized spacial score (nSPS) is 15.0. The van der Waals surface area contributed by atoms with Gasteiger partial charge < -0.3 is 26.6 Å². The molecule has 0 radical (unpaired) electrons. The molecule has 116 valence electrons. The third-order valence-corrected chi connectivity index (χ3v) is 3.12. The molecule has 6 N–H and O–H groups in total. The van der Waals surface area contributed by atoms with Gasteiger partial charge >= 0.3 is 5.97 Å². The van der Waals surface area contributed by atoms with Crippen LogP contribution in [0.4, 0.5) is 0 Å². The predicted octanol–water partition coefficient (Wildman–Crippen LogP) is -1.87. The van der Waals surface area contributed by atoms with E-state index < -0.39 is 42.5 Å². The van der Waals surface area contributed by atoms with Crippen molar-refractivity contribution < 1.29 is 24.6 Å². The maximum absolute atomic E-state index is 11.8. The third kappa shape index (κ3) is 7.31. The Balaban J connectivity index is 4.58. The fourth-order valence-corrected chi connectivity index (χ4v) is 1.75. The van der Waals surface area contributed by atoms with Gasteiger partial charge in [-0.05, 0) is 25.4 Å². The molecule has 0 aromatic carbocycles. The van der Waals surface area contributed by atoms with Crippen LogP contribution in [0.1, 0.15) is 13.3 Å². The van der Waals surface area contributed by atoms with Crippen LogP contribution < -0.4 is 16.4 Å². The fraction of sp³-hybridized carbons (Fsp3) is 0.727. The Kier molecular flexibility index (Phi) is 8.93. The molecule has 0 aromatic rings. The molecule has 0 rings (SSSR count). The number of nitrogens with one attached hydrogen (secondary N) is 2. The van der Waals surface area contributed by atoms with Gasteiger partial charge in [0, 0.05) is 0 Å². The smallest absolute Gasteiger partial charge is 0.322 e. The minimum Gasteiger partial charge on any atom is -0.480 e. The van der Waals surface area contributed by atoms with E-state index in [1.807, 2.05) is 6.26 Å². The Morgan fingerprint density at radius 1 is 1.30 bits per heavy atom. The summed E-state index contributed by atoms with van der Waals surface area (Å²) < 4.78 is 0. The zero-order valence-electron chi connectivity index (χ0n) is 11.5. The first kappa shape index (κ1) is 18.7. The first-order valence-corrected chi connectivity index (χ1v) is 7.41. The number of amides is 2. The van der Waals surface area contributed by atoms with Gasteiger partial charge in [0.15, 0.2) is 0 Å². The van der Waals surface area contributed by atoms with Crippen molar-refractivity contribution in [3.05, 3.63) is 0 Å². The summed E-state index contributed by atoms with van der Waals surface area (Å²) in [6.45, 7) is 0.846. The van der Waals surface area contributed by atoms with Crippen LogP contribution in [-0.4, -0.2) is 64.7 Å². The van der Waals surface area contributed by atoms with Gasteiger partial charge in [-0.15, -0.1) is 0 Å². The molecule has 0 aromatic heterocycles. The lowest BCUT2D eigenvalue weighted by molar-refractivity contribution is -0.138. The molecule has 0 heterocycles. The molecule has 0 saturated carbocycles. The van der Waals surface area contributed by atoms with Crippen LogP contribution in [0.15, 0.2) is 0 Å². The van der Waals surface area contributed by atoms with E-state index in [9.17, 15) is 19.5 Å². The molecule has 0 fully saturated rings. The minimum atomic E-state index is -1.17. The van der Waals surface area contributed by atoms with Gasteiger partial charge in [-0.25, -0.2) is 0 Å². The lowest BCUT2D eigenvalue weighted by atomic mass is 10.1. The zero-order chi connectivity index (χ0) is 15.7. The van der Waals surface area contributed by atoms with E-state index in [0.717, 1.165) is 0 Å². The zero-order valence-corrected chi connectivity index (χ0v) is 12.3. The highest BCUT2D eigenvalue weighted by Gasteiger charge is 2.25. The summed E-state index contributed by atoms with van der Waals surface area (Å²) in [4.78, 5) is 33.9. The average Bonchev–Trinajstić information content (AvgIpc) is 2.39. The van der Waals surface area contributed by atoms with Crippen LogP contribution in [0.3, 0.4) is 0 Å². The molecule has 2 amide bonds.